The van der Waals surface area contributed by atoms with Gasteiger partial charge in [-0.3, -0.25) is 4.79 Å². The third-order valence-electron chi connectivity index (χ3n) is 2.76. The summed E-state index contributed by atoms with van der Waals surface area (Å²) in [6.07, 6.45) is 1.39. The van der Waals surface area contributed by atoms with Crippen LogP contribution in [0.15, 0.2) is 0 Å². The minimum Gasteiger partial charge on any atom is -0.480 e. The van der Waals surface area contributed by atoms with Crippen molar-refractivity contribution >= 4 is 11.9 Å². The highest BCUT2D eigenvalue weighted by Crippen LogP contribution is 2.13. The number of nitrogens with zero attached hydrogens (tertiary/aromatic N) is 1. The van der Waals surface area contributed by atoms with Gasteiger partial charge in [0.1, 0.15) is 6.61 Å². The number of carboxylic acid groups (broad SMARTS) is 1. The Kier molecular flexibility index (Phi) is 5.93. The fraction of sp³-hybridized carbons (Fsp3) is 0.818. The quantitative estimate of drug-likeness (QED) is 0.670. The lowest BCUT2D eigenvalue weighted by molar-refractivity contribution is -0.146. The lowest BCUT2D eigenvalue weighted by Gasteiger charge is -2.31. The summed E-state index contributed by atoms with van der Waals surface area (Å²) >= 11 is 0. The molecule has 1 amide bonds. The number of hydrogen-bond acceptors (Lipinski definition) is 4. The van der Waals surface area contributed by atoms with Crippen LogP contribution in [0.1, 0.15) is 19.8 Å². The summed E-state index contributed by atoms with van der Waals surface area (Å²) in [6, 6.07) is 0. The van der Waals surface area contributed by atoms with E-state index in [0.29, 0.717) is 32.5 Å². The molecule has 1 aliphatic heterocycles. The number of amides is 1. The van der Waals surface area contributed by atoms with Crippen LogP contribution in [0.25, 0.3) is 0 Å². The summed E-state index contributed by atoms with van der Waals surface area (Å²) in [4.78, 5) is 23.8. The van der Waals surface area contributed by atoms with E-state index >= 15 is 0 Å². The highest BCUT2D eigenvalue weighted by atomic mass is 16.5. The summed E-state index contributed by atoms with van der Waals surface area (Å²) in [5.74, 6) is -0.848. The highest BCUT2D eigenvalue weighted by molar-refractivity contribution is 5.78. The van der Waals surface area contributed by atoms with Crippen molar-refractivity contribution in [3.05, 3.63) is 0 Å². The van der Waals surface area contributed by atoms with Crippen molar-refractivity contribution in [3.63, 3.8) is 0 Å². The number of piperidine rings is 1. The van der Waals surface area contributed by atoms with E-state index in [1.807, 2.05) is 6.92 Å². The van der Waals surface area contributed by atoms with Crippen LogP contribution >= 0.6 is 0 Å². The van der Waals surface area contributed by atoms with E-state index in [-0.39, 0.29) is 18.6 Å². The zero-order valence-corrected chi connectivity index (χ0v) is 10.1. The number of likely N-dealkylation sites (tertiary alicyclic amines) is 1. The zero-order chi connectivity index (χ0) is 12.7. The van der Waals surface area contributed by atoms with Gasteiger partial charge in [-0.25, -0.2) is 4.79 Å². The predicted molar refractivity (Wildman–Crippen MR) is 61.7 cm³/mol. The Bertz CT molecular complexity index is 262. The average Bonchev–Trinajstić information content (AvgIpc) is 2.34. The molecule has 0 radical (unpaired) electrons. The topological polar surface area (TPSA) is 78.9 Å². The van der Waals surface area contributed by atoms with Gasteiger partial charge in [-0.15, -0.1) is 0 Å². The molecule has 17 heavy (non-hydrogen) atoms. The van der Waals surface area contributed by atoms with Crippen molar-refractivity contribution < 1.29 is 19.4 Å². The van der Waals surface area contributed by atoms with E-state index in [1.54, 1.807) is 4.90 Å². The number of ether oxygens (including phenoxy) is 1. The van der Waals surface area contributed by atoms with Gasteiger partial charge in [0.05, 0.1) is 12.6 Å². The number of rotatable bonds is 6. The van der Waals surface area contributed by atoms with Gasteiger partial charge in [0.15, 0.2) is 0 Å². The van der Waals surface area contributed by atoms with Crippen LogP contribution in [0.2, 0.25) is 0 Å². The van der Waals surface area contributed by atoms with Gasteiger partial charge in [0, 0.05) is 13.1 Å². The number of carbonyl (C=O) groups excluding carboxylic acids is 1. The first-order valence-electron chi connectivity index (χ1n) is 5.95. The Morgan fingerprint density at radius 2 is 2.06 bits per heavy atom. The fourth-order valence-electron chi connectivity index (χ4n) is 1.80. The van der Waals surface area contributed by atoms with Crippen LogP contribution in [-0.2, 0) is 14.3 Å². The van der Waals surface area contributed by atoms with Gasteiger partial charge >= 0.3 is 5.97 Å². The highest BCUT2D eigenvalue weighted by Gasteiger charge is 2.23. The Hall–Kier alpha value is -1.14. The fourth-order valence-corrected chi connectivity index (χ4v) is 1.80. The van der Waals surface area contributed by atoms with E-state index in [0.717, 1.165) is 6.54 Å². The third-order valence-corrected chi connectivity index (χ3v) is 2.76. The molecular weight excluding hydrogens is 224 g/mol. The maximum absolute atomic E-state index is 11.7. The van der Waals surface area contributed by atoms with E-state index in [9.17, 15) is 9.59 Å². The minimum atomic E-state index is -0.948. The Balaban J connectivity index is 2.20. The molecule has 0 unspecified atom stereocenters. The number of likely N-dealkylation sites (N-methyl/N-ethyl adjacent to an activating group) is 1. The molecule has 0 saturated carbocycles. The first kappa shape index (κ1) is 13.9. The Morgan fingerprint density at radius 3 is 2.59 bits per heavy atom. The lowest BCUT2D eigenvalue weighted by atomic mass is 10.1. The molecule has 0 aliphatic carbocycles. The van der Waals surface area contributed by atoms with Crippen LogP contribution in [0.4, 0.5) is 0 Å². The van der Waals surface area contributed by atoms with Crippen LogP contribution in [-0.4, -0.2) is 60.8 Å². The van der Waals surface area contributed by atoms with Gasteiger partial charge in [0.25, 0.3) is 0 Å². The number of hydrogen-bond donors (Lipinski definition) is 2. The first-order valence-corrected chi connectivity index (χ1v) is 5.95. The van der Waals surface area contributed by atoms with E-state index in [1.165, 1.54) is 0 Å². The third kappa shape index (κ3) is 5.14. The average molecular weight is 244 g/mol. The molecule has 1 heterocycles. The van der Waals surface area contributed by atoms with Gasteiger partial charge in [0.2, 0.25) is 5.91 Å². The molecule has 0 bridgehead atoms. The Morgan fingerprint density at radius 1 is 1.41 bits per heavy atom. The second-order valence-corrected chi connectivity index (χ2v) is 4.07. The van der Waals surface area contributed by atoms with Crippen LogP contribution in [0.5, 0.6) is 0 Å². The molecule has 0 aromatic carbocycles. The van der Waals surface area contributed by atoms with Gasteiger partial charge in [-0.05, 0) is 19.4 Å². The number of aliphatic carboxylic acids is 1. The van der Waals surface area contributed by atoms with E-state index < -0.39 is 5.97 Å². The molecule has 1 aliphatic rings. The van der Waals surface area contributed by atoms with Gasteiger partial charge in [-0.1, -0.05) is 6.92 Å². The second kappa shape index (κ2) is 7.24. The molecule has 2 N–H and O–H groups in total. The molecule has 6 nitrogen and oxygen atoms in total. The molecule has 0 aromatic heterocycles. The van der Waals surface area contributed by atoms with Crippen molar-refractivity contribution in [1.82, 2.24) is 10.2 Å². The predicted octanol–water partition coefficient (Wildman–Crippen LogP) is -0.312. The number of carbonyl (C=O) groups is 2. The minimum absolute atomic E-state index is 0.0331. The van der Waals surface area contributed by atoms with Crippen molar-refractivity contribution in [1.29, 1.82) is 0 Å². The van der Waals surface area contributed by atoms with Crippen molar-refractivity contribution in [2.75, 3.05) is 32.8 Å². The van der Waals surface area contributed by atoms with Crippen LogP contribution in [0, 0.1) is 0 Å². The zero-order valence-electron chi connectivity index (χ0n) is 10.1. The van der Waals surface area contributed by atoms with E-state index in [4.69, 9.17) is 9.84 Å². The summed E-state index contributed by atoms with van der Waals surface area (Å²) < 4.78 is 5.20. The maximum atomic E-state index is 11.7. The maximum Gasteiger partial charge on any atom is 0.329 e. The summed E-state index contributed by atoms with van der Waals surface area (Å²) in [5, 5.41) is 11.5. The summed E-state index contributed by atoms with van der Waals surface area (Å²) in [5.41, 5.74) is 0. The van der Waals surface area contributed by atoms with Crippen molar-refractivity contribution in [2.45, 2.75) is 25.9 Å². The molecule has 0 aromatic rings. The molecule has 6 heteroatoms. The molecule has 1 rings (SSSR count). The normalized spacial score (nSPS) is 17.1. The number of carboxylic acids is 1. The SMILES string of the molecule is CCNCC(=O)N1CCC(OCC(=O)O)CC1. The van der Waals surface area contributed by atoms with Crippen molar-refractivity contribution in [3.8, 4) is 0 Å². The summed E-state index contributed by atoms with van der Waals surface area (Å²) in [6.45, 7) is 4.15. The summed E-state index contributed by atoms with van der Waals surface area (Å²) in [7, 11) is 0. The Labute approximate surface area is 101 Å². The largest absolute Gasteiger partial charge is 0.480 e. The molecule has 98 valence electrons. The molecule has 0 atom stereocenters. The lowest BCUT2D eigenvalue weighted by Crippen LogP contribution is -2.44. The molecule has 1 fully saturated rings. The van der Waals surface area contributed by atoms with Crippen LogP contribution in [0.3, 0.4) is 0 Å². The van der Waals surface area contributed by atoms with Gasteiger partial charge in [-0.2, -0.15) is 0 Å². The second-order valence-electron chi connectivity index (χ2n) is 4.07. The molecule has 1 saturated heterocycles. The standard InChI is InChI=1S/C11H20N2O4/c1-2-12-7-10(14)13-5-3-9(4-6-13)17-8-11(15)16/h9,12H,2-8H2,1H3,(H,15,16). The van der Waals surface area contributed by atoms with E-state index in [2.05, 4.69) is 5.32 Å². The number of nitrogens with one attached hydrogen (secondary N) is 1. The van der Waals surface area contributed by atoms with Crippen molar-refractivity contribution in [2.24, 2.45) is 0 Å². The monoisotopic (exact) mass is 244 g/mol. The smallest absolute Gasteiger partial charge is 0.329 e. The molecule has 0 spiro atoms. The van der Waals surface area contributed by atoms with Gasteiger partial charge < -0.3 is 20.1 Å². The first-order chi connectivity index (χ1) is 8.13. The molecular formula is C11H20N2O4. The van der Waals surface area contributed by atoms with Crippen LogP contribution < -0.4 is 5.32 Å².